The SMILES string of the molecule is CCN(CC)c1ccc(N(CC(=O)NCC2CCCO2)C(C)=O)c(C)c1. The van der Waals surface area contributed by atoms with Crippen molar-refractivity contribution in [1.29, 1.82) is 0 Å². The van der Waals surface area contributed by atoms with Crippen LogP contribution in [0, 0.1) is 6.92 Å². The van der Waals surface area contributed by atoms with Gasteiger partial charge in [-0.3, -0.25) is 9.59 Å². The molecule has 26 heavy (non-hydrogen) atoms. The molecule has 0 bridgehead atoms. The van der Waals surface area contributed by atoms with Crippen LogP contribution in [0.25, 0.3) is 0 Å². The van der Waals surface area contributed by atoms with E-state index in [0.29, 0.717) is 6.54 Å². The number of rotatable bonds is 8. The van der Waals surface area contributed by atoms with Gasteiger partial charge in [-0.05, 0) is 57.4 Å². The van der Waals surface area contributed by atoms with Crippen molar-refractivity contribution in [2.45, 2.75) is 46.6 Å². The number of aryl methyl sites for hydroxylation is 1. The first kappa shape index (κ1) is 20.2. The molecule has 1 unspecified atom stereocenters. The van der Waals surface area contributed by atoms with Gasteiger partial charge in [-0.25, -0.2) is 0 Å². The van der Waals surface area contributed by atoms with E-state index >= 15 is 0 Å². The highest BCUT2D eigenvalue weighted by molar-refractivity contribution is 5.98. The van der Waals surface area contributed by atoms with Gasteiger partial charge >= 0.3 is 0 Å². The summed E-state index contributed by atoms with van der Waals surface area (Å²) in [6.07, 6.45) is 2.11. The average Bonchev–Trinajstić information content (AvgIpc) is 3.13. The molecule has 1 N–H and O–H groups in total. The molecule has 2 rings (SSSR count). The number of benzene rings is 1. The van der Waals surface area contributed by atoms with E-state index in [0.717, 1.165) is 49.5 Å². The van der Waals surface area contributed by atoms with E-state index in [9.17, 15) is 9.59 Å². The number of anilines is 2. The monoisotopic (exact) mass is 361 g/mol. The first-order valence-electron chi connectivity index (χ1n) is 9.48. The molecule has 1 heterocycles. The van der Waals surface area contributed by atoms with Gasteiger partial charge in [0.15, 0.2) is 0 Å². The molecular formula is C20H31N3O3. The molecule has 1 atom stereocenters. The molecule has 1 aliphatic rings. The Morgan fingerprint density at radius 3 is 2.54 bits per heavy atom. The van der Waals surface area contributed by atoms with Crippen LogP contribution in [0.4, 0.5) is 11.4 Å². The van der Waals surface area contributed by atoms with E-state index in [-0.39, 0.29) is 24.5 Å². The molecule has 1 fully saturated rings. The predicted octanol–water partition coefficient (Wildman–Crippen LogP) is 2.49. The van der Waals surface area contributed by atoms with Crippen LogP contribution in [0.3, 0.4) is 0 Å². The lowest BCUT2D eigenvalue weighted by Crippen LogP contribution is -2.42. The molecule has 1 saturated heterocycles. The largest absolute Gasteiger partial charge is 0.376 e. The summed E-state index contributed by atoms with van der Waals surface area (Å²) in [5, 5.41) is 2.88. The van der Waals surface area contributed by atoms with Crippen molar-refractivity contribution in [1.82, 2.24) is 5.32 Å². The minimum Gasteiger partial charge on any atom is -0.376 e. The van der Waals surface area contributed by atoms with Crippen LogP contribution >= 0.6 is 0 Å². The zero-order chi connectivity index (χ0) is 19.1. The number of nitrogens with one attached hydrogen (secondary N) is 1. The first-order chi connectivity index (χ1) is 12.5. The molecule has 0 aromatic heterocycles. The van der Waals surface area contributed by atoms with E-state index in [4.69, 9.17) is 4.74 Å². The quantitative estimate of drug-likeness (QED) is 0.773. The van der Waals surface area contributed by atoms with Gasteiger partial charge in [0.2, 0.25) is 11.8 Å². The summed E-state index contributed by atoms with van der Waals surface area (Å²) in [7, 11) is 0. The van der Waals surface area contributed by atoms with Crippen molar-refractivity contribution >= 4 is 23.2 Å². The van der Waals surface area contributed by atoms with Crippen LogP contribution in [-0.4, -0.2) is 50.7 Å². The van der Waals surface area contributed by atoms with Crippen molar-refractivity contribution in [2.24, 2.45) is 0 Å². The summed E-state index contributed by atoms with van der Waals surface area (Å²) in [6.45, 7) is 10.8. The molecular weight excluding hydrogens is 330 g/mol. The van der Waals surface area contributed by atoms with Crippen molar-refractivity contribution in [3.8, 4) is 0 Å². The molecule has 0 aliphatic carbocycles. The van der Waals surface area contributed by atoms with Crippen LogP contribution in [-0.2, 0) is 14.3 Å². The Morgan fingerprint density at radius 2 is 2.00 bits per heavy atom. The number of hydrogen-bond donors (Lipinski definition) is 1. The maximum absolute atomic E-state index is 12.3. The molecule has 144 valence electrons. The van der Waals surface area contributed by atoms with Gasteiger partial charge in [0.25, 0.3) is 0 Å². The van der Waals surface area contributed by atoms with Crippen LogP contribution in [0.15, 0.2) is 18.2 Å². The van der Waals surface area contributed by atoms with Crippen molar-refractivity contribution in [3.63, 3.8) is 0 Å². The highest BCUT2D eigenvalue weighted by Gasteiger charge is 2.20. The summed E-state index contributed by atoms with van der Waals surface area (Å²) >= 11 is 0. The Bertz CT molecular complexity index is 623. The van der Waals surface area contributed by atoms with E-state index in [1.807, 2.05) is 19.1 Å². The summed E-state index contributed by atoms with van der Waals surface area (Å²) in [4.78, 5) is 28.2. The van der Waals surface area contributed by atoms with Gasteiger partial charge in [0.05, 0.1) is 6.10 Å². The van der Waals surface area contributed by atoms with E-state index < -0.39 is 0 Å². The summed E-state index contributed by atoms with van der Waals surface area (Å²) in [6, 6.07) is 6.01. The summed E-state index contributed by atoms with van der Waals surface area (Å²) in [5.74, 6) is -0.307. The van der Waals surface area contributed by atoms with Crippen molar-refractivity contribution < 1.29 is 14.3 Å². The number of nitrogens with zero attached hydrogens (tertiary/aromatic N) is 2. The topological polar surface area (TPSA) is 61.9 Å². The highest BCUT2D eigenvalue weighted by atomic mass is 16.5. The fraction of sp³-hybridized carbons (Fsp3) is 0.600. The molecule has 1 aromatic rings. The molecule has 0 saturated carbocycles. The van der Waals surface area contributed by atoms with Gasteiger partial charge in [-0.15, -0.1) is 0 Å². The molecule has 6 heteroatoms. The Labute approximate surface area is 156 Å². The minimum atomic E-state index is -0.164. The number of carbonyl (C=O) groups excluding carboxylic acids is 2. The highest BCUT2D eigenvalue weighted by Crippen LogP contribution is 2.26. The Balaban J connectivity index is 2.06. The maximum Gasteiger partial charge on any atom is 0.240 e. The molecule has 2 amide bonds. The minimum absolute atomic E-state index is 0.0213. The molecule has 0 spiro atoms. The third kappa shape index (κ3) is 5.21. The second-order valence-electron chi connectivity index (χ2n) is 6.69. The van der Waals surface area contributed by atoms with Crippen LogP contribution < -0.4 is 15.1 Å². The third-order valence-electron chi connectivity index (χ3n) is 4.83. The summed E-state index contributed by atoms with van der Waals surface area (Å²) in [5.41, 5.74) is 2.89. The van der Waals surface area contributed by atoms with Crippen molar-refractivity contribution in [3.05, 3.63) is 23.8 Å². The zero-order valence-corrected chi connectivity index (χ0v) is 16.4. The second-order valence-corrected chi connectivity index (χ2v) is 6.69. The van der Waals surface area contributed by atoms with Crippen molar-refractivity contribution in [2.75, 3.05) is 42.6 Å². The lowest BCUT2D eigenvalue weighted by Gasteiger charge is -2.26. The predicted molar refractivity (Wildman–Crippen MR) is 105 cm³/mol. The van der Waals surface area contributed by atoms with E-state index in [1.165, 1.54) is 11.8 Å². The fourth-order valence-corrected chi connectivity index (χ4v) is 3.33. The first-order valence-corrected chi connectivity index (χ1v) is 9.48. The van der Waals surface area contributed by atoms with Gasteiger partial charge < -0.3 is 19.9 Å². The Morgan fingerprint density at radius 1 is 1.27 bits per heavy atom. The van der Waals surface area contributed by atoms with Crippen LogP contribution in [0.1, 0.15) is 39.2 Å². The maximum atomic E-state index is 12.3. The fourth-order valence-electron chi connectivity index (χ4n) is 3.33. The van der Waals surface area contributed by atoms with E-state index in [1.54, 1.807) is 0 Å². The Hall–Kier alpha value is -2.08. The average molecular weight is 361 g/mol. The molecule has 1 aliphatic heterocycles. The second kappa shape index (κ2) is 9.57. The molecule has 1 aromatic carbocycles. The Kier molecular flexibility index (Phi) is 7.45. The lowest BCUT2D eigenvalue weighted by molar-refractivity contribution is -0.123. The molecule has 0 radical (unpaired) electrons. The zero-order valence-electron chi connectivity index (χ0n) is 16.4. The normalized spacial score (nSPS) is 16.4. The smallest absolute Gasteiger partial charge is 0.240 e. The number of hydrogen-bond acceptors (Lipinski definition) is 4. The van der Waals surface area contributed by atoms with E-state index in [2.05, 4.69) is 30.1 Å². The van der Waals surface area contributed by atoms with Gasteiger partial charge in [-0.2, -0.15) is 0 Å². The number of amides is 2. The third-order valence-corrected chi connectivity index (χ3v) is 4.83. The van der Waals surface area contributed by atoms with Gasteiger partial charge in [0.1, 0.15) is 6.54 Å². The van der Waals surface area contributed by atoms with Gasteiger partial charge in [-0.1, -0.05) is 0 Å². The van der Waals surface area contributed by atoms with Crippen LogP contribution in [0.5, 0.6) is 0 Å². The van der Waals surface area contributed by atoms with Gasteiger partial charge in [0, 0.05) is 44.5 Å². The number of ether oxygens (including phenoxy) is 1. The number of carbonyl (C=O) groups is 2. The standard InChI is InChI=1S/C20H31N3O3/c1-5-22(6-2)17-9-10-19(15(3)12-17)23(16(4)24)14-20(25)21-13-18-8-7-11-26-18/h9-10,12,18H,5-8,11,13-14H2,1-4H3,(H,21,25). The summed E-state index contributed by atoms with van der Waals surface area (Å²) < 4.78 is 5.52. The van der Waals surface area contributed by atoms with Crippen LogP contribution in [0.2, 0.25) is 0 Å². The molecule has 6 nitrogen and oxygen atoms in total. The lowest BCUT2D eigenvalue weighted by atomic mass is 10.1.